The first-order chi connectivity index (χ1) is 9.65. The van der Waals surface area contributed by atoms with Crippen LogP contribution in [0.4, 0.5) is 0 Å². The normalized spacial score (nSPS) is 11.5. The fourth-order valence-corrected chi connectivity index (χ4v) is 2.51. The van der Waals surface area contributed by atoms with Crippen molar-refractivity contribution in [1.82, 2.24) is 0 Å². The van der Waals surface area contributed by atoms with Crippen LogP contribution in [0.1, 0.15) is 37.8 Å². The van der Waals surface area contributed by atoms with Crippen LogP contribution in [0.3, 0.4) is 0 Å². The van der Waals surface area contributed by atoms with Crippen LogP contribution in [0.15, 0.2) is 48.5 Å². The molecule has 0 saturated carbocycles. The van der Waals surface area contributed by atoms with Gasteiger partial charge < -0.3 is 10.2 Å². The van der Waals surface area contributed by atoms with Gasteiger partial charge in [0.1, 0.15) is 11.5 Å². The van der Waals surface area contributed by atoms with E-state index in [2.05, 4.69) is 13.8 Å². The number of rotatable bonds is 4. The largest absolute Gasteiger partial charge is 0.508 e. The van der Waals surface area contributed by atoms with Crippen LogP contribution in [0.2, 0.25) is 0 Å². The average molecular weight is 291 g/mol. The second kappa shape index (κ2) is 8.28. The molecule has 2 aromatic rings. The zero-order valence-corrected chi connectivity index (χ0v) is 14.9. The van der Waals surface area contributed by atoms with E-state index >= 15 is 0 Å². The minimum atomic E-state index is 0. The molecule has 0 unspecified atom stereocenters. The van der Waals surface area contributed by atoms with Crippen LogP contribution < -0.4 is 0 Å². The van der Waals surface area contributed by atoms with Crippen molar-refractivity contribution in [1.29, 1.82) is 0 Å². The Morgan fingerprint density at radius 3 is 1.19 bits per heavy atom. The van der Waals surface area contributed by atoms with E-state index < -0.39 is 0 Å². The number of aromatic hydroxyl groups is 2. The van der Waals surface area contributed by atoms with Gasteiger partial charge in [-0.05, 0) is 59.4 Å². The SMILES string of the molecule is CC/C(=C(/CC)c1ccc(O)cc1)c1ccc(O)cc1.[Na]. The van der Waals surface area contributed by atoms with Crippen molar-refractivity contribution >= 4 is 40.7 Å². The molecular formula is C18H20NaO2. The van der Waals surface area contributed by atoms with Crippen molar-refractivity contribution < 1.29 is 10.2 Å². The van der Waals surface area contributed by atoms with Crippen molar-refractivity contribution in [3.05, 3.63) is 59.7 Å². The molecule has 0 aliphatic heterocycles. The molecule has 2 N–H and O–H groups in total. The molecule has 3 heteroatoms. The number of phenolic OH excluding ortho intramolecular Hbond substituents is 2. The van der Waals surface area contributed by atoms with Crippen LogP contribution >= 0.6 is 0 Å². The quantitative estimate of drug-likeness (QED) is 0.645. The van der Waals surface area contributed by atoms with Crippen LogP contribution in [0, 0.1) is 0 Å². The van der Waals surface area contributed by atoms with Gasteiger partial charge in [0, 0.05) is 29.6 Å². The van der Waals surface area contributed by atoms with Gasteiger partial charge >= 0.3 is 0 Å². The summed E-state index contributed by atoms with van der Waals surface area (Å²) >= 11 is 0. The summed E-state index contributed by atoms with van der Waals surface area (Å²) in [5.74, 6) is 0.568. The maximum atomic E-state index is 9.41. The van der Waals surface area contributed by atoms with Gasteiger partial charge in [0.15, 0.2) is 0 Å². The van der Waals surface area contributed by atoms with E-state index in [1.54, 1.807) is 24.3 Å². The Kier molecular flexibility index (Phi) is 7.03. The molecule has 0 fully saturated rings. The van der Waals surface area contributed by atoms with Crippen LogP contribution in [-0.4, -0.2) is 39.8 Å². The summed E-state index contributed by atoms with van der Waals surface area (Å²) in [4.78, 5) is 0. The fourth-order valence-electron chi connectivity index (χ4n) is 2.51. The van der Waals surface area contributed by atoms with Gasteiger partial charge in [-0.25, -0.2) is 0 Å². The molecule has 0 bridgehead atoms. The first kappa shape index (κ1) is 17.8. The fraction of sp³-hybridized carbons (Fsp3) is 0.222. The Morgan fingerprint density at radius 2 is 0.952 bits per heavy atom. The molecule has 105 valence electrons. The topological polar surface area (TPSA) is 40.5 Å². The van der Waals surface area contributed by atoms with E-state index in [1.807, 2.05) is 24.3 Å². The third-order valence-corrected chi connectivity index (χ3v) is 3.50. The van der Waals surface area contributed by atoms with E-state index in [0.29, 0.717) is 0 Å². The maximum absolute atomic E-state index is 9.41. The molecular weight excluding hydrogens is 271 g/mol. The minimum Gasteiger partial charge on any atom is -0.508 e. The summed E-state index contributed by atoms with van der Waals surface area (Å²) < 4.78 is 0. The zero-order chi connectivity index (χ0) is 14.5. The van der Waals surface area contributed by atoms with Gasteiger partial charge in [0.2, 0.25) is 0 Å². The van der Waals surface area contributed by atoms with Crippen LogP contribution in [0.5, 0.6) is 11.5 Å². The zero-order valence-electron chi connectivity index (χ0n) is 12.9. The number of phenols is 2. The Labute approximate surface area is 148 Å². The van der Waals surface area contributed by atoms with E-state index in [0.717, 1.165) is 24.0 Å². The summed E-state index contributed by atoms with van der Waals surface area (Å²) in [6.07, 6.45) is 1.85. The Morgan fingerprint density at radius 1 is 0.667 bits per heavy atom. The molecule has 0 aliphatic rings. The number of benzene rings is 2. The molecule has 2 rings (SSSR count). The maximum Gasteiger partial charge on any atom is 0.115 e. The molecule has 0 saturated heterocycles. The van der Waals surface area contributed by atoms with Crippen molar-refractivity contribution in [2.24, 2.45) is 0 Å². The summed E-state index contributed by atoms with van der Waals surface area (Å²) in [7, 11) is 0. The second-order valence-electron chi connectivity index (χ2n) is 4.76. The standard InChI is InChI=1S/C18H20O2.Na/c1-3-17(13-5-9-15(19)10-6-13)18(4-2)14-7-11-16(20)12-8-14;/h5-12,19-20H,3-4H2,1-2H3;/b18-17+;. The van der Waals surface area contributed by atoms with E-state index in [-0.39, 0.29) is 41.1 Å². The van der Waals surface area contributed by atoms with Crippen molar-refractivity contribution in [3.63, 3.8) is 0 Å². The Hall–Kier alpha value is -1.22. The van der Waals surface area contributed by atoms with Gasteiger partial charge in [-0.1, -0.05) is 38.1 Å². The van der Waals surface area contributed by atoms with Crippen LogP contribution in [-0.2, 0) is 0 Å². The molecule has 21 heavy (non-hydrogen) atoms. The first-order valence-electron chi connectivity index (χ1n) is 6.96. The van der Waals surface area contributed by atoms with Gasteiger partial charge in [-0.3, -0.25) is 0 Å². The van der Waals surface area contributed by atoms with Crippen molar-refractivity contribution in [3.8, 4) is 11.5 Å². The molecule has 0 aliphatic carbocycles. The van der Waals surface area contributed by atoms with Crippen molar-refractivity contribution in [2.45, 2.75) is 26.7 Å². The number of allylic oxidation sites excluding steroid dienone is 2. The predicted octanol–water partition coefficient (Wildman–Crippen LogP) is 4.45. The molecule has 0 spiro atoms. The Balaban J connectivity index is 0.00000220. The first-order valence-corrected chi connectivity index (χ1v) is 6.96. The Bertz CT molecular complexity index is 543. The third kappa shape index (κ3) is 4.37. The molecule has 1 radical (unpaired) electrons. The third-order valence-electron chi connectivity index (χ3n) is 3.50. The molecule has 0 amide bonds. The average Bonchev–Trinajstić information content (AvgIpc) is 2.47. The van der Waals surface area contributed by atoms with Crippen molar-refractivity contribution in [2.75, 3.05) is 0 Å². The molecule has 2 nitrogen and oxygen atoms in total. The number of hydrogen-bond donors (Lipinski definition) is 2. The predicted molar refractivity (Wildman–Crippen MR) is 89.4 cm³/mol. The minimum absolute atomic E-state index is 0. The van der Waals surface area contributed by atoms with Gasteiger partial charge in [-0.2, -0.15) is 0 Å². The second-order valence-corrected chi connectivity index (χ2v) is 4.76. The molecule has 0 heterocycles. The van der Waals surface area contributed by atoms with E-state index in [9.17, 15) is 10.2 Å². The van der Waals surface area contributed by atoms with Gasteiger partial charge in [-0.15, -0.1) is 0 Å². The van der Waals surface area contributed by atoms with Crippen LogP contribution in [0.25, 0.3) is 11.1 Å². The summed E-state index contributed by atoms with van der Waals surface area (Å²) in [6, 6.07) is 14.7. The van der Waals surface area contributed by atoms with E-state index in [4.69, 9.17) is 0 Å². The molecule has 0 aromatic heterocycles. The summed E-state index contributed by atoms with van der Waals surface area (Å²) in [5.41, 5.74) is 4.82. The monoisotopic (exact) mass is 291 g/mol. The molecule has 2 aromatic carbocycles. The van der Waals surface area contributed by atoms with Gasteiger partial charge in [0.05, 0.1) is 0 Å². The van der Waals surface area contributed by atoms with E-state index in [1.165, 1.54) is 11.1 Å². The molecule has 0 atom stereocenters. The van der Waals surface area contributed by atoms with Gasteiger partial charge in [0.25, 0.3) is 0 Å². The number of hydrogen-bond acceptors (Lipinski definition) is 2. The smallest absolute Gasteiger partial charge is 0.115 e. The summed E-state index contributed by atoms with van der Waals surface area (Å²) in [6.45, 7) is 4.27. The summed E-state index contributed by atoms with van der Waals surface area (Å²) in [5, 5.41) is 18.8.